The van der Waals surface area contributed by atoms with Crippen LogP contribution >= 0.6 is 23.2 Å². The van der Waals surface area contributed by atoms with Crippen molar-refractivity contribution in [1.82, 2.24) is 0 Å². The van der Waals surface area contributed by atoms with Crippen molar-refractivity contribution in [2.75, 3.05) is 18.5 Å². The molecule has 0 saturated heterocycles. The zero-order chi connectivity index (χ0) is 16.2. The minimum Gasteiger partial charge on any atom is -0.492 e. The zero-order valence-electron chi connectivity index (χ0n) is 13.1. The molecule has 0 aliphatic rings. The molecule has 22 heavy (non-hydrogen) atoms. The first-order valence-electron chi connectivity index (χ1n) is 7.28. The van der Waals surface area contributed by atoms with Gasteiger partial charge in [-0.25, -0.2) is 0 Å². The molecular formula is C18H21Cl2NO. The van der Waals surface area contributed by atoms with Gasteiger partial charge in [-0.05, 0) is 41.3 Å². The molecule has 4 heteroatoms. The molecule has 0 radical (unpaired) electrons. The Labute approximate surface area is 142 Å². The predicted octanol–water partition coefficient (Wildman–Crippen LogP) is 5.78. The van der Waals surface area contributed by atoms with Crippen molar-refractivity contribution in [2.24, 2.45) is 0 Å². The minimum atomic E-state index is 0.158. The van der Waals surface area contributed by atoms with E-state index in [9.17, 15) is 0 Å². The summed E-state index contributed by atoms with van der Waals surface area (Å²) < 4.78 is 5.73. The van der Waals surface area contributed by atoms with Crippen molar-refractivity contribution in [2.45, 2.75) is 26.2 Å². The molecule has 0 fully saturated rings. The van der Waals surface area contributed by atoms with E-state index < -0.39 is 0 Å². The third-order valence-corrected chi connectivity index (χ3v) is 3.89. The van der Waals surface area contributed by atoms with Gasteiger partial charge in [-0.2, -0.15) is 0 Å². The minimum absolute atomic E-state index is 0.158. The van der Waals surface area contributed by atoms with E-state index in [1.165, 1.54) is 5.56 Å². The van der Waals surface area contributed by atoms with E-state index in [0.29, 0.717) is 23.2 Å². The van der Waals surface area contributed by atoms with E-state index in [1.807, 2.05) is 24.3 Å². The molecule has 0 saturated carbocycles. The summed E-state index contributed by atoms with van der Waals surface area (Å²) in [6.07, 6.45) is 0. The van der Waals surface area contributed by atoms with E-state index in [1.54, 1.807) is 6.07 Å². The molecule has 0 spiro atoms. The average molecular weight is 338 g/mol. The van der Waals surface area contributed by atoms with Crippen molar-refractivity contribution in [3.8, 4) is 5.75 Å². The second-order valence-corrected chi connectivity index (χ2v) is 7.02. The Balaban J connectivity index is 1.81. The van der Waals surface area contributed by atoms with Crippen LogP contribution < -0.4 is 10.1 Å². The maximum atomic E-state index is 6.10. The van der Waals surface area contributed by atoms with Gasteiger partial charge < -0.3 is 10.1 Å². The van der Waals surface area contributed by atoms with Crippen LogP contribution in [0.25, 0.3) is 0 Å². The average Bonchev–Trinajstić information content (AvgIpc) is 2.45. The molecule has 2 nitrogen and oxygen atoms in total. The summed E-state index contributed by atoms with van der Waals surface area (Å²) in [5.74, 6) is 0.872. The number of hydrogen-bond acceptors (Lipinski definition) is 2. The Morgan fingerprint density at radius 2 is 1.68 bits per heavy atom. The molecule has 0 heterocycles. The van der Waals surface area contributed by atoms with Gasteiger partial charge in [0.05, 0.1) is 10.7 Å². The first-order chi connectivity index (χ1) is 10.4. The van der Waals surface area contributed by atoms with Crippen LogP contribution in [0.2, 0.25) is 10.0 Å². The topological polar surface area (TPSA) is 21.3 Å². The lowest BCUT2D eigenvalue weighted by Gasteiger charge is -2.19. The third kappa shape index (κ3) is 4.82. The summed E-state index contributed by atoms with van der Waals surface area (Å²) in [6, 6.07) is 13.6. The Morgan fingerprint density at radius 3 is 2.27 bits per heavy atom. The molecular weight excluding hydrogens is 317 g/mol. The lowest BCUT2D eigenvalue weighted by atomic mass is 9.87. The summed E-state index contributed by atoms with van der Waals surface area (Å²) >= 11 is 12.0. The molecule has 0 amide bonds. The van der Waals surface area contributed by atoms with Gasteiger partial charge >= 0.3 is 0 Å². The summed E-state index contributed by atoms with van der Waals surface area (Å²) in [7, 11) is 0. The summed E-state index contributed by atoms with van der Waals surface area (Å²) in [4.78, 5) is 0. The van der Waals surface area contributed by atoms with Gasteiger partial charge in [0.1, 0.15) is 12.4 Å². The molecule has 0 aliphatic heterocycles. The van der Waals surface area contributed by atoms with Crippen molar-refractivity contribution < 1.29 is 4.74 Å². The molecule has 118 valence electrons. The largest absolute Gasteiger partial charge is 0.492 e. The van der Waals surface area contributed by atoms with Gasteiger partial charge in [-0.1, -0.05) is 56.1 Å². The number of hydrogen-bond donors (Lipinski definition) is 1. The Morgan fingerprint density at radius 1 is 1.00 bits per heavy atom. The highest BCUT2D eigenvalue weighted by Gasteiger charge is 2.12. The number of benzene rings is 2. The number of rotatable bonds is 5. The van der Waals surface area contributed by atoms with Gasteiger partial charge in [0, 0.05) is 11.6 Å². The molecule has 0 unspecified atom stereocenters. The number of ether oxygens (including phenoxy) is 1. The predicted molar refractivity (Wildman–Crippen MR) is 95.6 cm³/mol. The Kier molecular flexibility index (Phi) is 5.60. The van der Waals surface area contributed by atoms with Crippen molar-refractivity contribution >= 4 is 28.9 Å². The first-order valence-corrected chi connectivity index (χ1v) is 8.04. The Bertz CT molecular complexity index is 618. The standard InChI is InChI=1S/C18H21Cl2NO/c1-18(2,3)13-4-7-15(8-5-13)22-11-10-21-17-9-6-14(19)12-16(17)20/h4-9,12,21H,10-11H2,1-3H3. The quantitative estimate of drug-likeness (QED) is 0.698. The van der Waals surface area contributed by atoms with Gasteiger partial charge in [0.2, 0.25) is 0 Å². The van der Waals surface area contributed by atoms with E-state index in [2.05, 4.69) is 38.2 Å². The summed E-state index contributed by atoms with van der Waals surface area (Å²) in [5, 5.41) is 4.47. The van der Waals surface area contributed by atoms with E-state index >= 15 is 0 Å². The third-order valence-electron chi connectivity index (χ3n) is 3.34. The number of halogens is 2. The van der Waals surface area contributed by atoms with E-state index in [-0.39, 0.29) is 5.41 Å². The molecule has 0 atom stereocenters. The SMILES string of the molecule is CC(C)(C)c1ccc(OCCNc2ccc(Cl)cc2Cl)cc1. The van der Waals surface area contributed by atoms with Crippen molar-refractivity contribution in [3.63, 3.8) is 0 Å². The second-order valence-electron chi connectivity index (χ2n) is 6.17. The van der Waals surface area contributed by atoms with E-state index in [0.717, 1.165) is 11.4 Å². The maximum absolute atomic E-state index is 6.10. The normalized spacial score (nSPS) is 11.3. The van der Waals surface area contributed by atoms with Crippen LogP contribution in [0.4, 0.5) is 5.69 Å². The number of anilines is 1. The fourth-order valence-electron chi connectivity index (χ4n) is 2.04. The highest BCUT2D eigenvalue weighted by Crippen LogP contribution is 2.26. The van der Waals surface area contributed by atoms with Crippen LogP contribution in [0.5, 0.6) is 5.75 Å². The number of nitrogens with one attached hydrogen (secondary N) is 1. The summed E-state index contributed by atoms with van der Waals surface area (Å²) in [5.41, 5.74) is 2.31. The smallest absolute Gasteiger partial charge is 0.119 e. The van der Waals surface area contributed by atoms with Crippen molar-refractivity contribution in [1.29, 1.82) is 0 Å². The second kappa shape index (κ2) is 7.26. The van der Waals surface area contributed by atoms with Gasteiger partial charge in [-0.15, -0.1) is 0 Å². The van der Waals surface area contributed by atoms with E-state index in [4.69, 9.17) is 27.9 Å². The lowest BCUT2D eigenvalue weighted by molar-refractivity contribution is 0.332. The van der Waals surface area contributed by atoms with Crippen LogP contribution in [0.3, 0.4) is 0 Å². The monoisotopic (exact) mass is 337 g/mol. The molecule has 2 aromatic carbocycles. The first kappa shape index (κ1) is 17.0. The van der Waals surface area contributed by atoms with Crippen LogP contribution in [-0.2, 0) is 5.41 Å². The molecule has 1 N–H and O–H groups in total. The molecule has 0 bridgehead atoms. The molecule has 0 aromatic heterocycles. The van der Waals surface area contributed by atoms with Crippen LogP contribution in [0, 0.1) is 0 Å². The highest BCUT2D eigenvalue weighted by molar-refractivity contribution is 6.36. The Hall–Kier alpha value is -1.38. The van der Waals surface area contributed by atoms with Gasteiger partial charge in [0.25, 0.3) is 0 Å². The lowest BCUT2D eigenvalue weighted by Crippen LogP contribution is -2.12. The molecule has 2 aromatic rings. The van der Waals surface area contributed by atoms with Crippen molar-refractivity contribution in [3.05, 3.63) is 58.1 Å². The molecule has 2 rings (SSSR count). The fraction of sp³-hybridized carbons (Fsp3) is 0.333. The van der Waals surface area contributed by atoms with Crippen LogP contribution in [-0.4, -0.2) is 13.2 Å². The maximum Gasteiger partial charge on any atom is 0.119 e. The summed E-state index contributed by atoms with van der Waals surface area (Å²) in [6.45, 7) is 7.82. The fourth-order valence-corrected chi connectivity index (χ4v) is 2.51. The van der Waals surface area contributed by atoms with Crippen LogP contribution in [0.1, 0.15) is 26.3 Å². The highest BCUT2D eigenvalue weighted by atomic mass is 35.5. The van der Waals surface area contributed by atoms with Crippen LogP contribution in [0.15, 0.2) is 42.5 Å². The molecule has 0 aliphatic carbocycles. The zero-order valence-corrected chi connectivity index (χ0v) is 14.6. The van der Waals surface area contributed by atoms with Gasteiger partial charge in [-0.3, -0.25) is 0 Å². The van der Waals surface area contributed by atoms with Gasteiger partial charge in [0.15, 0.2) is 0 Å².